The number of aromatic nitrogens is 2. The Kier molecular flexibility index (Phi) is 2.65. The highest BCUT2D eigenvalue weighted by Gasteiger charge is 2.16. The second-order valence-corrected chi connectivity index (χ2v) is 5.86. The Morgan fingerprint density at radius 2 is 1.95 bits per heavy atom. The lowest BCUT2D eigenvalue weighted by atomic mass is 10.0. The van der Waals surface area contributed by atoms with Crippen molar-refractivity contribution in [3.05, 3.63) is 59.2 Å². The van der Waals surface area contributed by atoms with Crippen molar-refractivity contribution >= 4 is 33.4 Å². The fraction of sp³-hybridized carbons (Fsp3) is 0.0588. The van der Waals surface area contributed by atoms with Gasteiger partial charge in [-0.1, -0.05) is 36.4 Å². The molecule has 0 aliphatic carbocycles. The third-order valence-electron chi connectivity index (χ3n) is 3.70. The Hall–Kier alpha value is -2.46. The normalized spacial score (nSPS) is 11.3. The van der Waals surface area contributed by atoms with E-state index in [-0.39, 0.29) is 0 Å². The number of fused-ring (bicyclic) bond motifs is 2. The van der Waals surface area contributed by atoms with Gasteiger partial charge in [-0.25, -0.2) is 4.98 Å². The van der Waals surface area contributed by atoms with Crippen LogP contribution in [0.25, 0.3) is 27.0 Å². The summed E-state index contributed by atoms with van der Waals surface area (Å²) in [6.07, 6.45) is 0.893. The standard InChI is InChI=1S/C17H12N2OS/c1-11-10-21-17-18-16(15(9-20)19(11)17)14-7-6-12-4-2-3-5-13(12)8-14/h2-10H,1H3. The molecule has 0 unspecified atom stereocenters. The van der Waals surface area contributed by atoms with Crippen LogP contribution in [-0.2, 0) is 0 Å². The van der Waals surface area contributed by atoms with E-state index in [2.05, 4.69) is 29.2 Å². The lowest BCUT2D eigenvalue weighted by Gasteiger charge is -2.02. The van der Waals surface area contributed by atoms with E-state index in [4.69, 9.17) is 0 Å². The molecule has 0 spiro atoms. The van der Waals surface area contributed by atoms with Gasteiger partial charge in [0.25, 0.3) is 0 Å². The molecule has 0 N–H and O–H groups in total. The lowest BCUT2D eigenvalue weighted by molar-refractivity contribution is 0.111. The largest absolute Gasteiger partial charge is 0.296 e. The Labute approximate surface area is 125 Å². The molecule has 0 bridgehead atoms. The first kappa shape index (κ1) is 12.3. The van der Waals surface area contributed by atoms with Gasteiger partial charge < -0.3 is 0 Å². The van der Waals surface area contributed by atoms with Gasteiger partial charge in [0.1, 0.15) is 11.4 Å². The van der Waals surface area contributed by atoms with Crippen molar-refractivity contribution in [2.24, 2.45) is 0 Å². The molecule has 0 aliphatic heterocycles. The van der Waals surface area contributed by atoms with Crippen molar-refractivity contribution in [3.63, 3.8) is 0 Å². The van der Waals surface area contributed by atoms with Crippen molar-refractivity contribution in [3.8, 4) is 11.3 Å². The number of rotatable bonds is 2. The van der Waals surface area contributed by atoms with Crippen LogP contribution in [0.3, 0.4) is 0 Å². The minimum absolute atomic E-state index is 0.624. The average Bonchev–Trinajstić information content (AvgIpc) is 3.06. The maximum atomic E-state index is 11.5. The number of hydrogen-bond acceptors (Lipinski definition) is 3. The summed E-state index contributed by atoms with van der Waals surface area (Å²) in [4.78, 5) is 17.0. The van der Waals surface area contributed by atoms with Gasteiger partial charge in [0.05, 0.1) is 0 Å². The van der Waals surface area contributed by atoms with Crippen molar-refractivity contribution < 1.29 is 4.79 Å². The van der Waals surface area contributed by atoms with E-state index in [1.807, 2.05) is 34.9 Å². The molecule has 2 aromatic heterocycles. The molecule has 2 aromatic carbocycles. The van der Waals surface area contributed by atoms with Crippen LogP contribution < -0.4 is 0 Å². The van der Waals surface area contributed by atoms with Crippen LogP contribution in [0.1, 0.15) is 16.2 Å². The average molecular weight is 292 g/mol. The SMILES string of the molecule is Cc1csc2nc(-c3ccc4ccccc4c3)c(C=O)n12. The number of hydrogen-bond donors (Lipinski definition) is 0. The molecule has 4 rings (SSSR count). The van der Waals surface area contributed by atoms with E-state index in [1.165, 1.54) is 5.39 Å². The highest BCUT2D eigenvalue weighted by molar-refractivity contribution is 7.15. The predicted molar refractivity (Wildman–Crippen MR) is 86.1 cm³/mol. The molecule has 0 saturated carbocycles. The third kappa shape index (κ3) is 1.80. The van der Waals surface area contributed by atoms with E-state index in [0.29, 0.717) is 5.69 Å². The molecule has 4 aromatic rings. The summed E-state index contributed by atoms with van der Waals surface area (Å²) in [5.41, 5.74) is 3.40. The summed E-state index contributed by atoms with van der Waals surface area (Å²) >= 11 is 1.56. The zero-order chi connectivity index (χ0) is 14.4. The highest BCUT2D eigenvalue weighted by Crippen LogP contribution is 2.29. The zero-order valence-electron chi connectivity index (χ0n) is 11.4. The van der Waals surface area contributed by atoms with Crippen LogP contribution in [0.4, 0.5) is 0 Å². The van der Waals surface area contributed by atoms with Gasteiger partial charge in [-0.05, 0) is 23.8 Å². The maximum Gasteiger partial charge on any atom is 0.195 e. The van der Waals surface area contributed by atoms with E-state index in [1.54, 1.807) is 11.3 Å². The molecular weight excluding hydrogens is 280 g/mol. The molecule has 3 nitrogen and oxygen atoms in total. The molecule has 0 aliphatic rings. The summed E-state index contributed by atoms with van der Waals surface area (Å²) in [5.74, 6) is 0. The van der Waals surface area contributed by atoms with E-state index >= 15 is 0 Å². The topological polar surface area (TPSA) is 34.4 Å². The van der Waals surface area contributed by atoms with E-state index in [9.17, 15) is 4.79 Å². The smallest absolute Gasteiger partial charge is 0.195 e. The number of carbonyl (C=O) groups is 1. The number of benzene rings is 2. The summed E-state index contributed by atoms with van der Waals surface area (Å²) in [5, 5.41) is 4.35. The van der Waals surface area contributed by atoms with Crippen molar-refractivity contribution in [1.29, 1.82) is 0 Å². The minimum Gasteiger partial charge on any atom is -0.296 e. The van der Waals surface area contributed by atoms with Crippen LogP contribution in [0.15, 0.2) is 47.8 Å². The first-order chi connectivity index (χ1) is 10.3. The fourth-order valence-corrected chi connectivity index (χ4v) is 3.55. The van der Waals surface area contributed by atoms with Crippen molar-refractivity contribution in [2.75, 3.05) is 0 Å². The van der Waals surface area contributed by atoms with Crippen LogP contribution in [0.5, 0.6) is 0 Å². The monoisotopic (exact) mass is 292 g/mol. The quantitative estimate of drug-likeness (QED) is 0.515. The summed E-state index contributed by atoms with van der Waals surface area (Å²) < 4.78 is 1.92. The molecule has 0 saturated heterocycles. The fourth-order valence-electron chi connectivity index (χ4n) is 2.68. The molecular formula is C17H12N2OS. The molecule has 2 heterocycles. The van der Waals surface area contributed by atoms with Crippen LogP contribution in [-0.4, -0.2) is 15.7 Å². The number of aldehydes is 1. The van der Waals surface area contributed by atoms with Crippen LogP contribution in [0.2, 0.25) is 0 Å². The Morgan fingerprint density at radius 3 is 2.76 bits per heavy atom. The predicted octanol–water partition coefficient (Wildman–Crippen LogP) is 4.34. The number of aryl methyl sites for hydroxylation is 1. The second-order valence-electron chi connectivity index (χ2n) is 5.02. The minimum atomic E-state index is 0.624. The summed E-state index contributed by atoms with van der Waals surface area (Å²) in [6.45, 7) is 1.99. The molecule has 0 fully saturated rings. The summed E-state index contributed by atoms with van der Waals surface area (Å²) in [7, 11) is 0. The zero-order valence-corrected chi connectivity index (χ0v) is 12.2. The van der Waals surface area contributed by atoms with Crippen LogP contribution in [0, 0.1) is 6.92 Å². The number of thiazole rings is 1. The lowest BCUT2D eigenvalue weighted by Crippen LogP contribution is -1.93. The number of imidazole rings is 1. The van der Waals surface area contributed by atoms with E-state index in [0.717, 1.165) is 33.6 Å². The van der Waals surface area contributed by atoms with Gasteiger partial charge in [-0.2, -0.15) is 0 Å². The van der Waals surface area contributed by atoms with Gasteiger partial charge in [-0.15, -0.1) is 11.3 Å². The summed E-state index contributed by atoms with van der Waals surface area (Å²) in [6, 6.07) is 14.4. The first-order valence-electron chi connectivity index (χ1n) is 6.69. The Bertz CT molecular complexity index is 981. The molecule has 21 heavy (non-hydrogen) atoms. The second kappa shape index (κ2) is 4.53. The maximum absolute atomic E-state index is 11.5. The van der Waals surface area contributed by atoms with Gasteiger partial charge in [0.15, 0.2) is 11.2 Å². The Balaban J connectivity index is 2.01. The molecule has 102 valence electrons. The molecule has 0 amide bonds. The van der Waals surface area contributed by atoms with Crippen LogP contribution >= 0.6 is 11.3 Å². The van der Waals surface area contributed by atoms with Gasteiger partial charge in [0, 0.05) is 16.6 Å². The number of nitrogens with zero attached hydrogens (tertiary/aromatic N) is 2. The first-order valence-corrected chi connectivity index (χ1v) is 7.57. The Morgan fingerprint density at radius 1 is 1.14 bits per heavy atom. The van der Waals surface area contributed by atoms with Gasteiger partial charge in [-0.3, -0.25) is 9.20 Å². The highest BCUT2D eigenvalue weighted by atomic mass is 32.1. The van der Waals surface area contributed by atoms with Crippen molar-refractivity contribution in [2.45, 2.75) is 6.92 Å². The molecule has 0 radical (unpaired) electrons. The van der Waals surface area contributed by atoms with Gasteiger partial charge >= 0.3 is 0 Å². The van der Waals surface area contributed by atoms with Gasteiger partial charge in [0.2, 0.25) is 0 Å². The number of carbonyl (C=O) groups excluding carboxylic acids is 1. The molecule has 0 atom stereocenters. The molecule has 4 heteroatoms. The van der Waals surface area contributed by atoms with Crippen molar-refractivity contribution in [1.82, 2.24) is 9.38 Å². The van der Waals surface area contributed by atoms with E-state index < -0.39 is 0 Å². The third-order valence-corrected chi connectivity index (χ3v) is 4.65.